The number of hydrogen-bond donors (Lipinski definition) is 3. The molecule has 1 rings (SSSR count). The Morgan fingerprint density at radius 1 is 1.53 bits per heavy atom. The SMILES string of the molecule is CCC(N)CCNC(=O)c1ccc(C)cc1O. The maximum absolute atomic E-state index is 11.7. The molecule has 0 aliphatic rings. The van der Waals surface area contributed by atoms with Crippen molar-refractivity contribution in [3.63, 3.8) is 0 Å². The summed E-state index contributed by atoms with van der Waals surface area (Å²) in [6.07, 6.45) is 1.64. The van der Waals surface area contributed by atoms with Crippen molar-refractivity contribution in [2.45, 2.75) is 32.7 Å². The first kappa shape index (κ1) is 13.5. The van der Waals surface area contributed by atoms with E-state index in [0.29, 0.717) is 12.1 Å². The topological polar surface area (TPSA) is 75.3 Å². The van der Waals surface area contributed by atoms with Gasteiger partial charge in [-0.2, -0.15) is 0 Å². The second kappa shape index (κ2) is 6.25. The second-order valence-electron chi connectivity index (χ2n) is 4.23. The Balaban J connectivity index is 2.52. The Morgan fingerprint density at radius 2 is 2.24 bits per heavy atom. The number of carbonyl (C=O) groups excluding carboxylic acids is 1. The first-order chi connectivity index (χ1) is 8.04. The lowest BCUT2D eigenvalue weighted by Gasteiger charge is -2.10. The highest BCUT2D eigenvalue weighted by Gasteiger charge is 2.10. The molecule has 1 unspecified atom stereocenters. The third kappa shape index (κ3) is 4.07. The molecule has 0 bridgehead atoms. The Morgan fingerprint density at radius 3 is 2.82 bits per heavy atom. The van der Waals surface area contributed by atoms with Gasteiger partial charge in [-0.05, 0) is 37.5 Å². The Bertz CT molecular complexity index is 391. The maximum atomic E-state index is 11.7. The van der Waals surface area contributed by atoms with Crippen LogP contribution in [0.1, 0.15) is 35.7 Å². The fraction of sp³-hybridized carbons (Fsp3) is 0.462. The second-order valence-corrected chi connectivity index (χ2v) is 4.23. The molecular formula is C13H20N2O2. The van der Waals surface area contributed by atoms with Crippen LogP contribution in [0.5, 0.6) is 5.75 Å². The van der Waals surface area contributed by atoms with Gasteiger partial charge in [-0.1, -0.05) is 13.0 Å². The third-order valence-electron chi connectivity index (χ3n) is 2.72. The van der Waals surface area contributed by atoms with Crippen LogP contribution in [0.25, 0.3) is 0 Å². The fourth-order valence-electron chi connectivity index (χ4n) is 1.50. The van der Waals surface area contributed by atoms with E-state index in [4.69, 9.17) is 5.73 Å². The van der Waals surface area contributed by atoms with Crippen LogP contribution in [0, 0.1) is 6.92 Å². The minimum atomic E-state index is -0.259. The van der Waals surface area contributed by atoms with E-state index in [2.05, 4.69) is 5.32 Å². The number of hydrogen-bond acceptors (Lipinski definition) is 3. The van der Waals surface area contributed by atoms with Crippen molar-refractivity contribution in [2.75, 3.05) is 6.54 Å². The summed E-state index contributed by atoms with van der Waals surface area (Å²) < 4.78 is 0. The van der Waals surface area contributed by atoms with Gasteiger partial charge in [0.15, 0.2) is 0 Å². The number of amides is 1. The van der Waals surface area contributed by atoms with Crippen LogP contribution in [0.15, 0.2) is 18.2 Å². The minimum absolute atomic E-state index is 0.0160. The Labute approximate surface area is 102 Å². The monoisotopic (exact) mass is 236 g/mol. The molecule has 0 aliphatic carbocycles. The molecule has 0 spiro atoms. The highest BCUT2D eigenvalue weighted by Crippen LogP contribution is 2.17. The highest BCUT2D eigenvalue weighted by molar-refractivity contribution is 5.96. The molecule has 94 valence electrons. The van der Waals surface area contributed by atoms with Crippen LogP contribution in [0.4, 0.5) is 0 Å². The van der Waals surface area contributed by atoms with E-state index in [1.807, 2.05) is 13.8 Å². The van der Waals surface area contributed by atoms with Crippen LogP contribution in [-0.2, 0) is 0 Å². The van der Waals surface area contributed by atoms with Crippen LogP contribution in [0.2, 0.25) is 0 Å². The standard InChI is InChI=1S/C13H20N2O2/c1-3-10(14)6-7-15-13(17)11-5-4-9(2)8-12(11)16/h4-5,8,10,16H,3,6-7,14H2,1-2H3,(H,15,17). The molecule has 0 saturated carbocycles. The summed E-state index contributed by atoms with van der Waals surface area (Å²) in [5, 5.41) is 12.4. The molecule has 0 aromatic heterocycles. The molecule has 0 saturated heterocycles. The molecule has 4 nitrogen and oxygen atoms in total. The summed E-state index contributed by atoms with van der Waals surface area (Å²) in [5.74, 6) is -0.243. The zero-order valence-corrected chi connectivity index (χ0v) is 10.4. The smallest absolute Gasteiger partial charge is 0.255 e. The van der Waals surface area contributed by atoms with Crippen LogP contribution in [0.3, 0.4) is 0 Å². The predicted molar refractivity (Wildman–Crippen MR) is 68.1 cm³/mol. The van der Waals surface area contributed by atoms with Crippen molar-refractivity contribution >= 4 is 5.91 Å². The number of carbonyl (C=O) groups is 1. The number of benzene rings is 1. The molecule has 1 aromatic rings. The van der Waals surface area contributed by atoms with E-state index >= 15 is 0 Å². The number of aromatic hydroxyl groups is 1. The molecule has 4 N–H and O–H groups in total. The molecule has 17 heavy (non-hydrogen) atoms. The van der Waals surface area contributed by atoms with E-state index in [1.54, 1.807) is 18.2 Å². The maximum Gasteiger partial charge on any atom is 0.255 e. The molecule has 4 heteroatoms. The number of phenols is 1. The average Bonchev–Trinajstić information content (AvgIpc) is 2.28. The van der Waals surface area contributed by atoms with E-state index in [0.717, 1.165) is 18.4 Å². The predicted octanol–water partition coefficient (Wildman–Crippen LogP) is 1.56. The van der Waals surface area contributed by atoms with Gasteiger partial charge in [0.25, 0.3) is 5.91 Å². The van der Waals surface area contributed by atoms with Gasteiger partial charge in [0.2, 0.25) is 0 Å². The van der Waals surface area contributed by atoms with Crippen molar-refractivity contribution in [1.29, 1.82) is 0 Å². The summed E-state index contributed by atoms with van der Waals surface area (Å²) in [4.78, 5) is 11.7. The number of nitrogens with two attached hydrogens (primary N) is 1. The number of aryl methyl sites for hydroxylation is 1. The molecule has 1 amide bonds. The Hall–Kier alpha value is -1.55. The lowest BCUT2D eigenvalue weighted by molar-refractivity contribution is 0.0950. The van der Waals surface area contributed by atoms with Crippen molar-refractivity contribution in [2.24, 2.45) is 5.73 Å². The normalized spacial score (nSPS) is 12.2. The number of phenolic OH excluding ortho intramolecular Hbond substituents is 1. The third-order valence-corrected chi connectivity index (χ3v) is 2.72. The first-order valence-corrected chi connectivity index (χ1v) is 5.88. The van der Waals surface area contributed by atoms with Gasteiger partial charge in [-0.3, -0.25) is 4.79 Å². The molecule has 0 radical (unpaired) electrons. The molecular weight excluding hydrogens is 216 g/mol. The van der Waals surface area contributed by atoms with Gasteiger partial charge in [0.05, 0.1) is 5.56 Å². The van der Waals surface area contributed by atoms with E-state index in [1.165, 1.54) is 0 Å². The summed E-state index contributed by atoms with van der Waals surface area (Å²) in [6.45, 7) is 4.40. The van der Waals surface area contributed by atoms with Crippen molar-refractivity contribution in [3.8, 4) is 5.75 Å². The first-order valence-electron chi connectivity index (χ1n) is 5.88. The van der Waals surface area contributed by atoms with Crippen molar-refractivity contribution in [1.82, 2.24) is 5.32 Å². The van der Waals surface area contributed by atoms with Gasteiger partial charge in [0, 0.05) is 12.6 Å². The molecule has 0 heterocycles. The Kier molecular flexibility index (Phi) is 4.97. The molecule has 0 fully saturated rings. The van der Waals surface area contributed by atoms with Gasteiger partial charge in [0.1, 0.15) is 5.75 Å². The average molecular weight is 236 g/mol. The largest absolute Gasteiger partial charge is 0.507 e. The van der Waals surface area contributed by atoms with Gasteiger partial charge in [-0.25, -0.2) is 0 Å². The van der Waals surface area contributed by atoms with Gasteiger partial charge in [-0.15, -0.1) is 0 Å². The van der Waals surface area contributed by atoms with Crippen molar-refractivity contribution in [3.05, 3.63) is 29.3 Å². The zero-order chi connectivity index (χ0) is 12.8. The minimum Gasteiger partial charge on any atom is -0.507 e. The molecule has 1 aromatic carbocycles. The highest BCUT2D eigenvalue weighted by atomic mass is 16.3. The summed E-state index contributed by atoms with van der Waals surface area (Å²) in [5.41, 5.74) is 6.98. The summed E-state index contributed by atoms with van der Waals surface area (Å²) >= 11 is 0. The lowest BCUT2D eigenvalue weighted by Crippen LogP contribution is -2.30. The molecule has 0 aliphatic heterocycles. The summed E-state index contributed by atoms with van der Waals surface area (Å²) in [6, 6.07) is 5.11. The molecule has 1 atom stereocenters. The van der Waals surface area contributed by atoms with Crippen molar-refractivity contribution < 1.29 is 9.90 Å². The van der Waals surface area contributed by atoms with Gasteiger partial charge < -0.3 is 16.2 Å². The van der Waals surface area contributed by atoms with E-state index in [9.17, 15) is 9.90 Å². The van der Waals surface area contributed by atoms with E-state index in [-0.39, 0.29) is 17.7 Å². The lowest BCUT2D eigenvalue weighted by atomic mass is 10.1. The van der Waals surface area contributed by atoms with Gasteiger partial charge >= 0.3 is 0 Å². The van der Waals surface area contributed by atoms with E-state index < -0.39 is 0 Å². The number of nitrogens with one attached hydrogen (secondary N) is 1. The fourth-order valence-corrected chi connectivity index (χ4v) is 1.50. The zero-order valence-electron chi connectivity index (χ0n) is 10.4. The summed E-state index contributed by atoms with van der Waals surface area (Å²) in [7, 11) is 0. The number of rotatable bonds is 5. The van der Waals surface area contributed by atoms with Crippen LogP contribution < -0.4 is 11.1 Å². The van der Waals surface area contributed by atoms with Crippen LogP contribution >= 0.6 is 0 Å². The quantitative estimate of drug-likeness (QED) is 0.726. The van der Waals surface area contributed by atoms with Crippen LogP contribution in [-0.4, -0.2) is 23.6 Å².